The van der Waals surface area contributed by atoms with Crippen LogP contribution in [0.3, 0.4) is 0 Å². The lowest BCUT2D eigenvalue weighted by molar-refractivity contribution is 0.0962. The van der Waals surface area contributed by atoms with Crippen molar-refractivity contribution in [2.24, 2.45) is 0 Å². The second-order valence-electron chi connectivity index (χ2n) is 4.70. The second-order valence-corrected chi connectivity index (χ2v) is 5.55. The Morgan fingerprint density at radius 2 is 2.05 bits per heavy atom. The van der Waals surface area contributed by atoms with Crippen LogP contribution < -0.4 is 10.6 Å². The van der Waals surface area contributed by atoms with E-state index in [1.54, 1.807) is 19.2 Å². The highest BCUT2D eigenvalue weighted by molar-refractivity contribution is 9.10. The van der Waals surface area contributed by atoms with E-state index in [1.807, 2.05) is 31.2 Å². The molecule has 0 saturated carbocycles. The average molecular weight is 349 g/mol. The molecule has 0 saturated heterocycles. The molecule has 2 aromatic carbocycles. The number of phenols is 1. The van der Waals surface area contributed by atoms with Crippen molar-refractivity contribution >= 4 is 27.5 Å². The molecule has 0 heterocycles. The maximum atomic E-state index is 11.8. The highest BCUT2D eigenvalue weighted by Crippen LogP contribution is 2.25. The molecular weight excluding hydrogens is 332 g/mol. The number of hydrogen-bond donors (Lipinski definition) is 3. The van der Waals surface area contributed by atoms with Crippen molar-refractivity contribution in [1.82, 2.24) is 5.32 Å². The zero-order chi connectivity index (χ0) is 15.4. The zero-order valence-electron chi connectivity index (χ0n) is 11.9. The molecule has 0 aromatic heterocycles. The van der Waals surface area contributed by atoms with Gasteiger partial charge >= 0.3 is 0 Å². The molecule has 1 amide bonds. The van der Waals surface area contributed by atoms with E-state index < -0.39 is 0 Å². The summed E-state index contributed by atoms with van der Waals surface area (Å²) >= 11 is 3.30. The van der Waals surface area contributed by atoms with Gasteiger partial charge in [0.1, 0.15) is 5.75 Å². The summed E-state index contributed by atoms with van der Waals surface area (Å²) in [5.74, 6) is 0.125. The Kier molecular flexibility index (Phi) is 4.85. The molecule has 0 aliphatic heterocycles. The number of carbonyl (C=O) groups is 1. The van der Waals surface area contributed by atoms with Crippen molar-refractivity contribution < 1.29 is 9.90 Å². The molecule has 5 heteroatoms. The summed E-state index contributed by atoms with van der Waals surface area (Å²) in [6.07, 6.45) is 0. The molecule has 0 atom stereocenters. The topological polar surface area (TPSA) is 61.4 Å². The third-order valence-electron chi connectivity index (χ3n) is 3.30. The number of amides is 1. The Labute approximate surface area is 132 Å². The fourth-order valence-corrected chi connectivity index (χ4v) is 2.49. The molecule has 0 bridgehead atoms. The first-order chi connectivity index (χ1) is 10.0. The van der Waals surface area contributed by atoms with Crippen molar-refractivity contribution in [3.05, 3.63) is 57.6 Å². The summed E-state index contributed by atoms with van der Waals surface area (Å²) in [5.41, 5.74) is 3.52. The number of rotatable bonds is 4. The molecule has 4 nitrogen and oxygen atoms in total. The predicted molar refractivity (Wildman–Crippen MR) is 87.7 cm³/mol. The van der Waals surface area contributed by atoms with Crippen LogP contribution in [0.25, 0.3) is 0 Å². The number of phenolic OH excluding ortho intramolecular Hbond substituents is 1. The Balaban J connectivity index is 2.16. The van der Waals surface area contributed by atoms with Crippen LogP contribution in [0.4, 0.5) is 5.69 Å². The van der Waals surface area contributed by atoms with Crippen LogP contribution in [0.15, 0.2) is 40.9 Å². The molecule has 0 spiro atoms. The molecule has 0 fully saturated rings. The first kappa shape index (κ1) is 15.4. The summed E-state index contributed by atoms with van der Waals surface area (Å²) in [4.78, 5) is 11.8. The smallest absolute Gasteiger partial charge is 0.251 e. The number of carbonyl (C=O) groups excluding carboxylic acids is 1. The van der Waals surface area contributed by atoms with E-state index in [0.717, 1.165) is 16.8 Å². The van der Waals surface area contributed by atoms with E-state index in [4.69, 9.17) is 0 Å². The average Bonchev–Trinajstić information content (AvgIpc) is 2.49. The van der Waals surface area contributed by atoms with Crippen molar-refractivity contribution in [2.45, 2.75) is 13.5 Å². The Hall–Kier alpha value is -2.01. The van der Waals surface area contributed by atoms with Crippen LogP contribution in [0, 0.1) is 6.92 Å². The van der Waals surface area contributed by atoms with E-state index in [1.165, 1.54) is 0 Å². The molecule has 21 heavy (non-hydrogen) atoms. The maximum Gasteiger partial charge on any atom is 0.251 e. The SMILES string of the molecule is CNC(=O)c1cccc(NCc2ccc(O)c(Br)c2)c1C. The fourth-order valence-electron chi connectivity index (χ4n) is 2.07. The lowest BCUT2D eigenvalue weighted by Crippen LogP contribution is -2.19. The van der Waals surface area contributed by atoms with Crippen LogP contribution in [-0.2, 0) is 6.54 Å². The van der Waals surface area contributed by atoms with Crippen molar-refractivity contribution in [1.29, 1.82) is 0 Å². The minimum atomic E-state index is -0.0940. The quantitative estimate of drug-likeness (QED) is 0.793. The third-order valence-corrected chi connectivity index (χ3v) is 3.94. The minimum absolute atomic E-state index is 0.0940. The van der Waals surface area contributed by atoms with Gasteiger partial charge in [0, 0.05) is 24.8 Å². The number of nitrogens with one attached hydrogen (secondary N) is 2. The van der Waals surface area contributed by atoms with Crippen molar-refractivity contribution in [3.63, 3.8) is 0 Å². The first-order valence-electron chi connectivity index (χ1n) is 6.56. The molecule has 0 aliphatic carbocycles. The number of anilines is 1. The van der Waals surface area contributed by atoms with Crippen LogP contribution >= 0.6 is 15.9 Å². The Bertz CT molecular complexity index is 671. The van der Waals surface area contributed by atoms with Gasteiger partial charge in [0.15, 0.2) is 0 Å². The molecule has 2 rings (SSSR count). The fraction of sp³-hybridized carbons (Fsp3) is 0.188. The lowest BCUT2D eigenvalue weighted by Gasteiger charge is -2.13. The van der Waals surface area contributed by atoms with E-state index >= 15 is 0 Å². The van der Waals surface area contributed by atoms with Gasteiger partial charge < -0.3 is 15.7 Å². The molecule has 3 N–H and O–H groups in total. The summed E-state index contributed by atoms with van der Waals surface area (Å²) in [5, 5.41) is 15.4. The van der Waals surface area contributed by atoms with Gasteiger partial charge in [0.25, 0.3) is 5.91 Å². The second kappa shape index (κ2) is 6.63. The molecule has 0 unspecified atom stereocenters. The molecule has 2 aromatic rings. The zero-order valence-corrected chi connectivity index (χ0v) is 13.5. The van der Waals surface area contributed by atoms with Crippen LogP contribution in [0.1, 0.15) is 21.5 Å². The van der Waals surface area contributed by atoms with Gasteiger partial charge in [-0.25, -0.2) is 0 Å². The normalized spacial score (nSPS) is 10.2. The Morgan fingerprint density at radius 3 is 2.71 bits per heavy atom. The maximum absolute atomic E-state index is 11.8. The number of benzene rings is 2. The van der Waals surface area contributed by atoms with E-state index in [0.29, 0.717) is 16.6 Å². The van der Waals surface area contributed by atoms with Gasteiger partial charge in [-0.05, 0) is 58.2 Å². The largest absolute Gasteiger partial charge is 0.507 e. The van der Waals surface area contributed by atoms with Gasteiger partial charge in [-0.15, -0.1) is 0 Å². The molecular formula is C16H17BrN2O2. The highest BCUT2D eigenvalue weighted by Gasteiger charge is 2.10. The van der Waals surface area contributed by atoms with Crippen LogP contribution in [0.5, 0.6) is 5.75 Å². The summed E-state index contributed by atoms with van der Waals surface area (Å²) in [6.45, 7) is 2.52. The molecule has 0 radical (unpaired) electrons. The monoisotopic (exact) mass is 348 g/mol. The van der Waals surface area contributed by atoms with E-state index in [9.17, 15) is 9.90 Å². The lowest BCUT2D eigenvalue weighted by atomic mass is 10.1. The third kappa shape index (κ3) is 3.55. The first-order valence-corrected chi connectivity index (χ1v) is 7.35. The summed E-state index contributed by atoms with van der Waals surface area (Å²) in [6, 6.07) is 11.0. The Morgan fingerprint density at radius 1 is 1.29 bits per heavy atom. The van der Waals surface area contributed by atoms with Gasteiger partial charge in [-0.2, -0.15) is 0 Å². The summed E-state index contributed by atoms with van der Waals surface area (Å²) in [7, 11) is 1.62. The number of hydrogen-bond acceptors (Lipinski definition) is 3. The molecule has 0 aliphatic rings. The van der Waals surface area contributed by atoms with Crippen molar-refractivity contribution in [2.75, 3.05) is 12.4 Å². The van der Waals surface area contributed by atoms with Crippen molar-refractivity contribution in [3.8, 4) is 5.75 Å². The minimum Gasteiger partial charge on any atom is -0.507 e. The van der Waals surface area contributed by atoms with E-state index in [-0.39, 0.29) is 11.7 Å². The van der Waals surface area contributed by atoms with E-state index in [2.05, 4.69) is 26.6 Å². The number of halogens is 1. The van der Waals surface area contributed by atoms with Gasteiger partial charge in [0.2, 0.25) is 0 Å². The summed E-state index contributed by atoms with van der Waals surface area (Å²) < 4.78 is 0.664. The predicted octanol–water partition coefficient (Wildman–Crippen LogP) is 3.43. The standard InChI is InChI=1S/C16H17BrN2O2/c1-10-12(16(21)18-2)4-3-5-14(10)19-9-11-6-7-15(20)13(17)8-11/h3-8,19-20H,9H2,1-2H3,(H,18,21). The van der Waals surface area contributed by atoms with Gasteiger partial charge in [0.05, 0.1) is 4.47 Å². The molecule has 110 valence electrons. The van der Waals surface area contributed by atoms with Crippen LogP contribution in [-0.4, -0.2) is 18.1 Å². The number of aromatic hydroxyl groups is 1. The van der Waals surface area contributed by atoms with Gasteiger partial charge in [-0.3, -0.25) is 4.79 Å². The van der Waals surface area contributed by atoms with Gasteiger partial charge in [-0.1, -0.05) is 12.1 Å². The highest BCUT2D eigenvalue weighted by atomic mass is 79.9. The van der Waals surface area contributed by atoms with Crippen LogP contribution in [0.2, 0.25) is 0 Å².